The maximum Gasteiger partial charge on any atom is 0.414 e. The number of ether oxygens (including phenoxy) is 2. The van der Waals surface area contributed by atoms with Gasteiger partial charge in [0.15, 0.2) is 6.29 Å². The molecule has 108 valence electrons. The number of fused-ring (bicyclic) bond motifs is 1. The Morgan fingerprint density at radius 2 is 2.15 bits per heavy atom. The van der Waals surface area contributed by atoms with Gasteiger partial charge >= 0.3 is 6.09 Å². The van der Waals surface area contributed by atoms with E-state index in [-0.39, 0.29) is 0 Å². The van der Waals surface area contributed by atoms with Gasteiger partial charge < -0.3 is 9.47 Å². The minimum absolute atomic E-state index is 0.426. The second kappa shape index (κ2) is 5.53. The predicted molar refractivity (Wildman–Crippen MR) is 75.5 cm³/mol. The van der Waals surface area contributed by atoms with Crippen LogP contribution in [0, 0.1) is 0 Å². The number of aldehydes is 1. The highest BCUT2D eigenvalue weighted by atomic mass is 16.6. The standard InChI is InChI=1S/C15H19NO4/c1-15(2,3)20-14(18)16-8-5-9-19-12-7-4-6-11(10-17)13(12)16/h4,6-7,10H,5,8-9H2,1-3H3. The molecule has 0 fully saturated rings. The highest BCUT2D eigenvalue weighted by molar-refractivity contribution is 5.97. The first-order chi connectivity index (χ1) is 9.42. The van der Waals surface area contributed by atoms with Gasteiger partial charge in [0.05, 0.1) is 12.3 Å². The average molecular weight is 277 g/mol. The van der Waals surface area contributed by atoms with Crippen molar-refractivity contribution >= 4 is 18.1 Å². The lowest BCUT2D eigenvalue weighted by Crippen LogP contribution is -2.37. The van der Waals surface area contributed by atoms with Gasteiger partial charge in [-0.1, -0.05) is 6.07 Å². The Morgan fingerprint density at radius 3 is 2.80 bits per heavy atom. The molecular weight excluding hydrogens is 258 g/mol. The summed E-state index contributed by atoms with van der Waals surface area (Å²) in [4.78, 5) is 25.0. The smallest absolute Gasteiger partial charge is 0.414 e. The largest absolute Gasteiger partial charge is 0.491 e. The van der Waals surface area contributed by atoms with E-state index in [4.69, 9.17) is 9.47 Å². The van der Waals surface area contributed by atoms with Crippen LogP contribution in [-0.4, -0.2) is 31.1 Å². The number of para-hydroxylation sites is 1. The maximum absolute atomic E-state index is 12.3. The third kappa shape index (κ3) is 3.10. The van der Waals surface area contributed by atoms with Gasteiger partial charge in [-0.15, -0.1) is 0 Å². The minimum Gasteiger partial charge on any atom is -0.491 e. The molecular formula is C15H19NO4. The van der Waals surface area contributed by atoms with Crippen LogP contribution in [0.4, 0.5) is 10.5 Å². The van der Waals surface area contributed by atoms with Crippen molar-refractivity contribution in [3.8, 4) is 5.75 Å². The Balaban J connectivity index is 2.40. The molecule has 1 heterocycles. The van der Waals surface area contributed by atoms with E-state index in [0.717, 1.165) is 6.29 Å². The van der Waals surface area contributed by atoms with Crippen LogP contribution in [0.5, 0.6) is 5.75 Å². The van der Waals surface area contributed by atoms with Gasteiger partial charge in [-0.3, -0.25) is 9.69 Å². The predicted octanol–water partition coefficient (Wildman–Crippen LogP) is 3.02. The summed E-state index contributed by atoms with van der Waals surface area (Å²) in [6.45, 7) is 6.41. The second-order valence-electron chi connectivity index (χ2n) is 5.65. The molecule has 0 bridgehead atoms. The van der Waals surface area contributed by atoms with E-state index in [0.29, 0.717) is 36.6 Å². The zero-order valence-electron chi connectivity index (χ0n) is 12.0. The summed E-state index contributed by atoms with van der Waals surface area (Å²) in [6.07, 6.45) is 0.954. The Hall–Kier alpha value is -2.04. The van der Waals surface area contributed by atoms with Crippen LogP contribution in [-0.2, 0) is 4.74 Å². The van der Waals surface area contributed by atoms with Gasteiger partial charge in [-0.25, -0.2) is 4.79 Å². The molecule has 5 nitrogen and oxygen atoms in total. The fourth-order valence-corrected chi connectivity index (χ4v) is 2.06. The lowest BCUT2D eigenvalue weighted by molar-refractivity contribution is 0.0580. The van der Waals surface area contributed by atoms with Crippen molar-refractivity contribution in [3.05, 3.63) is 23.8 Å². The molecule has 0 spiro atoms. The van der Waals surface area contributed by atoms with Crippen LogP contribution in [0.25, 0.3) is 0 Å². The van der Waals surface area contributed by atoms with Gasteiger partial charge in [-0.2, -0.15) is 0 Å². The molecule has 0 aromatic heterocycles. The number of amides is 1. The van der Waals surface area contributed by atoms with E-state index in [1.54, 1.807) is 18.2 Å². The van der Waals surface area contributed by atoms with E-state index in [1.165, 1.54) is 4.90 Å². The van der Waals surface area contributed by atoms with Crippen molar-refractivity contribution in [2.75, 3.05) is 18.1 Å². The topological polar surface area (TPSA) is 55.8 Å². The summed E-state index contributed by atoms with van der Waals surface area (Å²) in [5, 5.41) is 0. The average Bonchev–Trinajstić information content (AvgIpc) is 2.58. The first-order valence-electron chi connectivity index (χ1n) is 6.64. The number of carbonyl (C=O) groups is 2. The molecule has 1 aliphatic rings. The van der Waals surface area contributed by atoms with E-state index in [9.17, 15) is 9.59 Å². The molecule has 0 radical (unpaired) electrons. The van der Waals surface area contributed by atoms with E-state index in [1.807, 2.05) is 20.8 Å². The molecule has 0 unspecified atom stereocenters. The number of nitrogens with zero attached hydrogens (tertiary/aromatic N) is 1. The monoisotopic (exact) mass is 277 g/mol. The first-order valence-corrected chi connectivity index (χ1v) is 6.64. The van der Waals surface area contributed by atoms with Crippen LogP contribution in [0.15, 0.2) is 18.2 Å². The second-order valence-corrected chi connectivity index (χ2v) is 5.65. The Bertz CT molecular complexity index is 519. The van der Waals surface area contributed by atoms with Crippen molar-refractivity contribution in [2.45, 2.75) is 32.8 Å². The highest BCUT2D eigenvalue weighted by Gasteiger charge is 2.28. The Labute approximate surface area is 118 Å². The Kier molecular flexibility index (Phi) is 3.97. The molecule has 5 heteroatoms. The van der Waals surface area contributed by atoms with Gasteiger partial charge in [-0.05, 0) is 39.3 Å². The van der Waals surface area contributed by atoms with E-state index < -0.39 is 11.7 Å². The number of benzene rings is 1. The lowest BCUT2D eigenvalue weighted by Gasteiger charge is -2.27. The molecule has 0 N–H and O–H groups in total. The van der Waals surface area contributed by atoms with Crippen LogP contribution in [0.2, 0.25) is 0 Å². The zero-order chi connectivity index (χ0) is 14.8. The molecule has 1 aromatic rings. The summed E-state index contributed by atoms with van der Waals surface area (Å²) < 4.78 is 11.0. The third-order valence-electron chi connectivity index (χ3n) is 2.82. The van der Waals surface area contributed by atoms with E-state index >= 15 is 0 Å². The van der Waals surface area contributed by atoms with Crippen LogP contribution >= 0.6 is 0 Å². The maximum atomic E-state index is 12.3. The van der Waals surface area contributed by atoms with Crippen molar-refractivity contribution in [1.29, 1.82) is 0 Å². The molecule has 0 aliphatic carbocycles. The molecule has 2 rings (SSSR count). The fourth-order valence-electron chi connectivity index (χ4n) is 2.06. The molecule has 20 heavy (non-hydrogen) atoms. The summed E-state index contributed by atoms with van der Waals surface area (Å²) in [5.74, 6) is 0.540. The molecule has 1 aliphatic heterocycles. The van der Waals surface area contributed by atoms with Crippen molar-refractivity contribution < 1.29 is 19.1 Å². The highest BCUT2D eigenvalue weighted by Crippen LogP contribution is 2.34. The molecule has 0 saturated carbocycles. The zero-order valence-corrected chi connectivity index (χ0v) is 12.0. The van der Waals surface area contributed by atoms with Gasteiger partial charge in [0.1, 0.15) is 11.4 Å². The van der Waals surface area contributed by atoms with Crippen molar-refractivity contribution in [3.63, 3.8) is 0 Å². The number of carbonyl (C=O) groups excluding carboxylic acids is 2. The van der Waals surface area contributed by atoms with Crippen molar-refractivity contribution in [1.82, 2.24) is 0 Å². The molecule has 1 aromatic carbocycles. The van der Waals surface area contributed by atoms with Crippen LogP contribution in [0.1, 0.15) is 37.6 Å². The minimum atomic E-state index is -0.583. The van der Waals surface area contributed by atoms with Gasteiger partial charge in [0.25, 0.3) is 0 Å². The lowest BCUT2D eigenvalue weighted by atomic mass is 10.1. The summed E-state index contributed by atoms with van der Waals surface area (Å²) in [5.41, 5.74) is 0.338. The number of hydrogen-bond acceptors (Lipinski definition) is 4. The van der Waals surface area contributed by atoms with Crippen molar-refractivity contribution in [2.24, 2.45) is 0 Å². The third-order valence-corrected chi connectivity index (χ3v) is 2.82. The normalized spacial score (nSPS) is 14.8. The van der Waals surface area contributed by atoms with Gasteiger partial charge in [0.2, 0.25) is 0 Å². The molecule has 1 amide bonds. The first kappa shape index (κ1) is 14.4. The molecule has 0 atom stereocenters. The van der Waals surface area contributed by atoms with E-state index in [2.05, 4.69) is 0 Å². The summed E-state index contributed by atoms with van der Waals surface area (Å²) >= 11 is 0. The Morgan fingerprint density at radius 1 is 1.40 bits per heavy atom. The van der Waals surface area contributed by atoms with Crippen LogP contribution in [0.3, 0.4) is 0 Å². The fraction of sp³-hybridized carbons (Fsp3) is 0.467. The SMILES string of the molecule is CC(C)(C)OC(=O)N1CCCOc2cccc(C=O)c21. The van der Waals surface area contributed by atoms with Gasteiger partial charge in [0, 0.05) is 12.1 Å². The quantitative estimate of drug-likeness (QED) is 0.740. The number of rotatable bonds is 1. The molecule has 0 saturated heterocycles. The number of anilines is 1. The van der Waals surface area contributed by atoms with Crippen LogP contribution < -0.4 is 9.64 Å². The number of hydrogen-bond donors (Lipinski definition) is 0. The summed E-state index contributed by atoms with van der Waals surface area (Å²) in [7, 11) is 0. The summed E-state index contributed by atoms with van der Waals surface area (Å²) in [6, 6.07) is 5.16.